The van der Waals surface area contributed by atoms with Crippen molar-refractivity contribution in [2.75, 3.05) is 13.2 Å². The quantitative estimate of drug-likeness (QED) is 0.562. The van der Waals surface area contributed by atoms with Crippen LogP contribution in [0.5, 0.6) is 5.75 Å². The van der Waals surface area contributed by atoms with Crippen LogP contribution >= 0.6 is 11.6 Å². The molecule has 0 spiro atoms. The van der Waals surface area contributed by atoms with Crippen molar-refractivity contribution in [2.24, 2.45) is 0 Å². The van der Waals surface area contributed by atoms with E-state index in [1.165, 1.54) is 0 Å². The molecule has 0 bridgehead atoms. The minimum Gasteiger partial charge on any atom is -0.494 e. The molecule has 0 aliphatic carbocycles. The Labute approximate surface area is 175 Å². The lowest BCUT2D eigenvalue weighted by molar-refractivity contribution is 0.0744. The summed E-state index contributed by atoms with van der Waals surface area (Å²) in [7, 11) is 0. The fraction of sp³-hybridized carbons (Fsp3) is 0.304. The number of carbonyl (C=O) groups is 1. The first-order chi connectivity index (χ1) is 14.1. The molecule has 1 aromatic heterocycles. The Morgan fingerprint density at radius 3 is 2.45 bits per heavy atom. The summed E-state index contributed by atoms with van der Waals surface area (Å²) in [6.07, 6.45) is 1.85. The van der Waals surface area contributed by atoms with E-state index in [9.17, 15) is 4.79 Å². The van der Waals surface area contributed by atoms with Gasteiger partial charge >= 0.3 is 0 Å². The molecule has 1 N–H and O–H groups in total. The third-order valence-corrected chi connectivity index (χ3v) is 5.37. The van der Waals surface area contributed by atoms with Crippen molar-refractivity contribution in [3.8, 4) is 17.0 Å². The van der Waals surface area contributed by atoms with Gasteiger partial charge in [0, 0.05) is 22.7 Å². The Morgan fingerprint density at radius 1 is 1.07 bits per heavy atom. The normalized spacial score (nSPS) is 15.6. The van der Waals surface area contributed by atoms with Gasteiger partial charge in [0.1, 0.15) is 11.4 Å². The first kappa shape index (κ1) is 19.5. The van der Waals surface area contributed by atoms with Gasteiger partial charge in [0.05, 0.1) is 18.3 Å². The van der Waals surface area contributed by atoms with Gasteiger partial charge in [-0.05, 0) is 42.7 Å². The summed E-state index contributed by atoms with van der Waals surface area (Å²) in [5.74, 6) is 0.832. The summed E-state index contributed by atoms with van der Waals surface area (Å²) in [5.41, 5.74) is 4.27. The highest BCUT2D eigenvalue weighted by Crippen LogP contribution is 2.43. The van der Waals surface area contributed by atoms with E-state index in [0.29, 0.717) is 23.9 Å². The smallest absolute Gasteiger partial charge is 0.273 e. The second kappa shape index (κ2) is 8.29. The highest BCUT2D eigenvalue weighted by atomic mass is 35.5. The van der Waals surface area contributed by atoms with Gasteiger partial charge in [-0.25, -0.2) is 0 Å². The zero-order valence-corrected chi connectivity index (χ0v) is 17.4. The van der Waals surface area contributed by atoms with Crippen LogP contribution in [0.15, 0.2) is 48.5 Å². The molecular formula is C23H24ClN3O2. The number of fused-ring (bicyclic) bond motifs is 1. The zero-order chi connectivity index (χ0) is 20.4. The van der Waals surface area contributed by atoms with Crippen molar-refractivity contribution in [2.45, 2.75) is 32.7 Å². The van der Waals surface area contributed by atoms with Crippen LogP contribution in [-0.4, -0.2) is 34.2 Å². The maximum atomic E-state index is 13.1. The van der Waals surface area contributed by atoms with E-state index in [0.717, 1.165) is 41.0 Å². The van der Waals surface area contributed by atoms with Gasteiger partial charge in [-0.1, -0.05) is 49.7 Å². The molecule has 0 fully saturated rings. The average Bonchev–Trinajstić information content (AvgIpc) is 3.28. The molecule has 1 atom stereocenters. The maximum Gasteiger partial charge on any atom is 0.273 e. The number of hydrogen-bond donors (Lipinski definition) is 1. The van der Waals surface area contributed by atoms with E-state index in [2.05, 4.69) is 24.0 Å². The first-order valence-electron chi connectivity index (χ1n) is 10.0. The summed E-state index contributed by atoms with van der Waals surface area (Å²) >= 11 is 6.05. The molecule has 0 saturated heterocycles. The van der Waals surface area contributed by atoms with Gasteiger partial charge in [-0.15, -0.1) is 0 Å². The summed E-state index contributed by atoms with van der Waals surface area (Å²) in [5, 5.41) is 8.12. The van der Waals surface area contributed by atoms with Crippen LogP contribution in [0, 0.1) is 0 Å². The molecule has 6 heteroatoms. The van der Waals surface area contributed by atoms with Gasteiger partial charge in [-0.3, -0.25) is 9.89 Å². The van der Waals surface area contributed by atoms with Crippen LogP contribution in [0.4, 0.5) is 0 Å². The Hall–Kier alpha value is -2.79. The molecule has 1 amide bonds. The number of ether oxygens (including phenoxy) is 1. The van der Waals surface area contributed by atoms with Crippen molar-refractivity contribution in [1.29, 1.82) is 0 Å². The number of aromatic amines is 1. The van der Waals surface area contributed by atoms with Crippen LogP contribution in [0.2, 0.25) is 5.02 Å². The number of hydrogen-bond acceptors (Lipinski definition) is 3. The minimum atomic E-state index is -0.179. The molecule has 150 valence electrons. The Morgan fingerprint density at radius 2 is 1.79 bits per heavy atom. The van der Waals surface area contributed by atoms with Crippen LogP contribution in [0.3, 0.4) is 0 Å². The average molecular weight is 410 g/mol. The van der Waals surface area contributed by atoms with Crippen molar-refractivity contribution in [1.82, 2.24) is 15.1 Å². The summed E-state index contributed by atoms with van der Waals surface area (Å²) in [6.45, 7) is 5.53. The van der Waals surface area contributed by atoms with E-state index >= 15 is 0 Å². The molecule has 1 aliphatic heterocycles. The number of halogens is 1. The van der Waals surface area contributed by atoms with Gasteiger partial charge in [-0.2, -0.15) is 5.10 Å². The van der Waals surface area contributed by atoms with E-state index in [4.69, 9.17) is 16.3 Å². The largest absolute Gasteiger partial charge is 0.494 e. The maximum absolute atomic E-state index is 13.1. The molecule has 2 aromatic carbocycles. The predicted octanol–water partition coefficient (Wildman–Crippen LogP) is 5.47. The van der Waals surface area contributed by atoms with Crippen molar-refractivity contribution >= 4 is 17.5 Å². The molecule has 0 radical (unpaired) electrons. The minimum absolute atomic E-state index is 0.00845. The molecule has 2 heterocycles. The fourth-order valence-corrected chi connectivity index (χ4v) is 3.93. The molecule has 29 heavy (non-hydrogen) atoms. The summed E-state index contributed by atoms with van der Waals surface area (Å²) in [4.78, 5) is 15.0. The number of carbonyl (C=O) groups excluding carboxylic acids is 1. The topological polar surface area (TPSA) is 58.2 Å². The first-order valence-corrected chi connectivity index (χ1v) is 10.4. The lowest BCUT2D eigenvalue weighted by atomic mass is 9.96. The number of H-pyrrole nitrogens is 1. The summed E-state index contributed by atoms with van der Waals surface area (Å²) < 4.78 is 5.72. The van der Waals surface area contributed by atoms with Gasteiger partial charge < -0.3 is 9.64 Å². The molecule has 1 unspecified atom stereocenters. The highest BCUT2D eigenvalue weighted by molar-refractivity contribution is 6.30. The lowest BCUT2D eigenvalue weighted by Crippen LogP contribution is -2.30. The van der Waals surface area contributed by atoms with Crippen LogP contribution < -0.4 is 4.74 Å². The number of aromatic nitrogens is 2. The second-order valence-corrected chi connectivity index (χ2v) is 7.62. The van der Waals surface area contributed by atoms with Gasteiger partial charge in [0.15, 0.2) is 0 Å². The standard InChI is InChI=1S/C23H24ClN3O2/c1-3-13-27-22(16-7-11-18(12-8-16)29-14-4-2)19-20(25-26-21(19)23(27)28)15-5-9-17(24)10-6-15/h5-12,22H,3-4,13-14H2,1-2H3,(H,25,26). The van der Waals surface area contributed by atoms with Gasteiger partial charge in [0.2, 0.25) is 0 Å². The Kier molecular flexibility index (Phi) is 5.58. The molecule has 0 saturated carbocycles. The SMILES string of the molecule is CCCOc1ccc(C2c3c(-c4ccc(Cl)cc4)n[nH]c3C(=O)N2CCC)cc1. The third-order valence-electron chi connectivity index (χ3n) is 5.11. The van der Waals surface area contributed by atoms with E-state index < -0.39 is 0 Å². The monoisotopic (exact) mass is 409 g/mol. The third kappa shape index (κ3) is 3.62. The van der Waals surface area contributed by atoms with Crippen molar-refractivity contribution in [3.05, 3.63) is 70.4 Å². The molecule has 5 nitrogen and oxygen atoms in total. The Bertz CT molecular complexity index is 996. The number of nitrogens with one attached hydrogen (secondary N) is 1. The van der Waals surface area contributed by atoms with Gasteiger partial charge in [0.25, 0.3) is 5.91 Å². The lowest BCUT2D eigenvalue weighted by Gasteiger charge is -2.26. The molecule has 3 aromatic rings. The molecular weight excluding hydrogens is 386 g/mol. The Balaban J connectivity index is 1.77. The van der Waals surface area contributed by atoms with Crippen LogP contribution in [-0.2, 0) is 0 Å². The predicted molar refractivity (Wildman–Crippen MR) is 114 cm³/mol. The second-order valence-electron chi connectivity index (χ2n) is 7.19. The molecule has 1 aliphatic rings. The summed E-state index contributed by atoms with van der Waals surface area (Å²) in [6, 6.07) is 15.4. The molecule has 4 rings (SSSR count). The van der Waals surface area contributed by atoms with Crippen molar-refractivity contribution in [3.63, 3.8) is 0 Å². The van der Waals surface area contributed by atoms with E-state index in [1.54, 1.807) is 0 Å². The van der Waals surface area contributed by atoms with Crippen molar-refractivity contribution < 1.29 is 9.53 Å². The number of amides is 1. The zero-order valence-electron chi connectivity index (χ0n) is 16.6. The van der Waals surface area contributed by atoms with Crippen LogP contribution in [0.1, 0.15) is 54.3 Å². The number of benzene rings is 2. The van der Waals surface area contributed by atoms with Crippen LogP contribution in [0.25, 0.3) is 11.3 Å². The fourth-order valence-electron chi connectivity index (χ4n) is 3.81. The van der Waals surface area contributed by atoms with E-state index in [1.807, 2.05) is 53.4 Å². The van der Waals surface area contributed by atoms with E-state index in [-0.39, 0.29) is 11.9 Å². The highest BCUT2D eigenvalue weighted by Gasteiger charge is 2.41. The number of nitrogens with zero attached hydrogens (tertiary/aromatic N) is 2. The number of rotatable bonds is 7.